The minimum Gasteiger partial charge on any atom is -0.349 e. The van der Waals surface area contributed by atoms with Crippen LogP contribution in [0.2, 0.25) is 0 Å². The molecule has 84 valence electrons. The molecule has 2 N–H and O–H groups in total. The first-order chi connectivity index (χ1) is 7.84. The molecule has 5 heteroatoms. The van der Waals surface area contributed by atoms with Gasteiger partial charge in [0, 0.05) is 38.1 Å². The monoisotopic (exact) mass is 217 g/mol. The van der Waals surface area contributed by atoms with Crippen molar-refractivity contribution >= 4 is 0 Å². The highest BCUT2D eigenvalue weighted by atomic mass is 14.9. The van der Waals surface area contributed by atoms with Gasteiger partial charge in [-0.2, -0.15) is 0 Å². The van der Waals surface area contributed by atoms with Crippen molar-refractivity contribution in [3.05, 3.63) is 42.0 Å². The summed E-state index contributed by atoms with van der Waals surface area (Å²) in [5, 5.41) is 3.32. The molecular weight excluding hydrogens is 202 g/mol. The summed E-state index contributed by atoms with van der Waals surface area (Å²) in [5.41, 5.74) is 1.02. The Kier molecular flexibility index (Phi) is 3.61. The van der Waals surface area contributed by atoms with Crippen LogP contribution in [-0.2, 0) is 13.0 Å². The van der Waals surface area contributed by atoms with Gasteiger partial charge < -0.3 is 10.3 Å². The summed E-state index contributed by atoms with van der Waals surface area (Å²) in [4.78, 5) is 15.6. The quantitative estimate of drug-likeness (QED) is 0.728. The van der Waals surface area contributed by atoms with Crippen molar-refractivity contribution in [1.82, 2.24) is 25.3 Å². The van der Waals surface area contributed by atoms with Gasteiger partial charge in [-0.25, -0.2) is 15.0 Å². The average Bonchev–Trinajstić information content (AvgIpc) is 2.77. The lowest BCUT2D eigenvalue weighted by Gasteiger charge is -2.03. The van der Waals surface area contributed by atoms with Gasteiger partial charge in [0.05, 0.1) is 5.69 Å². The molecule has 0 aliphatic carbocycles. The van der Waals surface area contributed by atoms with E-state index in [0.717, 1.165) is 36.9 Å². The molecule has 0 unspecified atom stereocenters. The summed E-state index contributed by atoms with van der Waals surface area (Å²) in [6.45, 7) is 3.55. The third-order valence-electron chi connectivity index (χ3n) is 2.23. The molecule has 16 heavy (non-hydrogen) atoms. The van der Waals surface area contributed by atoms with Gasteiger partial charge in [-0.3, -0.25) is 0 Å². The van der Waals surface area contributed by atoms with E-state index in [-0.39, 0.29) is 0 Å². The van der Waals surface area contributed by atoms with E-state index in [4.69, 9.17) is 0 Å². The Morgan fingerprint density at radius 2 is 2.25 bits per heavy atom. The van der Waals surface area contributed by atoms with Crippen LogP contribution in [0.1, 0.15) is 17.3 Å². The first-order valence-corrected chi connectivity index (χ1v) is 5.32. The van der Waals surface area contributed by atoms with Crippen LogP contribution in [0.15, 0.2) is 24.7 Å². The van der Waals surface area contributed by atoms with Gasteiger partial charge in [0.2, 0.25) is 0 Å². The third-order valence-corrected chi connectivity index (χ3v) is 2.23. The van der Waals surface area contributed by atoms with Crippen LogP contribution in [0.4, 0.5) is 0 Å². The number of aromatic nitrogens is 4. The molecule has 0 fully saturated rings. The standard InChI is InChI=1S/C11H15N5/c1-9-13-5-2-10(16-9)8-12-4-3-11-14-6-7-15-11/h2,5-7,12H,3-4,8H2,1H3,(H,14,15). The maximum Gasteiger partial charge on any atom is 0.125 e. The van der Waals surface area contributed by atoms with Gasteiger partial charge >= 0.3 is 0 Å². The molecule has 0 amide bonds. The van der Waals surface area contributed by atoms with E-state index >= 15 is 0 Å². The van der Waals surface area contributed by atoms with Crippen molar-refractivity contribution in [2.45, 2.75) is 19.9 Å². The highest BCUT2D eigenvalue weighted by Gasteiger charge is 1.96. The van der Waals surface area contributed by atoms with E-state index in [1.807, 2.05) is 19.2 Å². The second-order valence-corrected chi connectivity index (χ2v) is 3.56. The van der Waals surface area contributed by atoms with Gasteiger partial charge in [-0.1, -0.05) is 0 Å². The van der Waals surface area contributed by atoms with Crippen molar-refractivity contribution < 1.29 is 0 Å². The Labute approximate surface area is 94.4 Å². The van der Waals surface area contributed by atoms with Gasteiger partial charge in [0.15, 0.2) is 0 Å². The Morgan fingerprint density at radius 1 is 1.31 bits per heavy atom. The lowest BCUT2D eigenvalue weighted by atomic mass is 10.3. The van der Waals surface area contributed by atoms with Gasteiger partial charge in [-0.15, -0.1) is 0 Å². The molecule has 0 radical (unpaired) electrons. The van der Waals surface area contributed by atoms with Crippen LogP contribution in [0.5, 0.6) is 0 Å². The second kappa shape index (κ2) is 5.37. The summed E-state index contributed by atoms with van der Waals surface area (Å²) in [7, 11) is 0. The molecule has 2 aromatic rings. The van der Waals surface area contributed by atoms with Crippen molar-refractivity contribution in [2.24, 2.45) is 0 Å². The van der Waals surface area contributed by atoms with E-state index in [9.17, 15) is 0 Å². The number of rotatable bonds is 5. The van der Waals surface area contributed by atoms with Crippen LogP contribution in [0.25, 0.3) is 0 Å². The molecule has 2 aromatic heterocycles. The number of hydrogen-bond acceptors (Lipinski definition) is 4. The average molecular weight is 217 g/mol. The molecule has 0 aromatic carbocycles. The summed E-state index contributed by atoms with van der Waals surface area (Å²) in [6.07, 6.45) is 6.29. The van der Waals surface area contributed by atoms with Crippen LogP contribution in [0, 0.1) is 6.92 Å². The summed E-state index contributed by atoms with van der Waals surface area (Å²) < 4.78 is 0. The predicted molar refractivity (Wildman–Crippen MR) is 60.8 cm³/mol. The number of hydrogen-bond donors (Lipinski definition) is 2. The van der Waals surface area contributed by atoms with E-state index < -0.39 is 0 Å². The molecule has 0 spiro atoms. The molecule has 0 saturated heterocycles. The maximum atomic E-state index is 4.31. The lowest BCUT2D eigenvalue weighted by molar-refractivity contribution is 0.660. The zero-order valence-corrected chi connectivity index (χ0v) is 9.27. The molecule has 0 aliphatic rings. The Morgan fingerprint density at radius 3 is 3.00 bits per heavy atom. The van der Waals surface area contributed by atoms with Gasteiger partial charge in [-0.05, 0) is 13.0 Å². The van der Waals surface area contributed by atoms with E-state index in [1.54, 1.807) is 12.4 Å². The van der Waals surface area contributed by atoms with Crippen LogP contribution >= 0.6 is 0 Å². The zero-order valence-electron chi connectivity index (χ0n) is 9.27. The molecule has 0 atom stereocenters. The number of aromatic amines is 1. The van der Waals surface area contributed by atoms with Gasteiger partial charge in [0.25, 0.3) is 0 Å². The number of H-pyrrole nitrogens is 1. The normalized spacial score (nSPS) is 10.6. The SMILES string of the molecule is Cc1nccc(CNCCc2ncc[nH]2)n1. The van der Waals surface area contributed by atoms with Crippen LogP contribution < -0.4 is 5.32 Å². The van der Waals surface area contributed by atoms with Crippen LogP contribution in [-0.4, -0.2) is 26.5 Å². The minimum absolute atomic E-state index is 0.768. The number of aryl methyl sites for hydroxylation is 1. The molecule has 5 nitrogen and oxygen atoms in total. The number of imidazole rings is 1. The topological polar surface area (TPSA) is 66.5 Å². The largest absolute Gasteiger partial charge is 0.349 e. The molecule has 2 rings (SSSR count). The summed E-state index contributed by atoms with van der Waals surface area (Å²) in [6, 6.07) is 1.92. The van der Waals surface area contributed by atoms with E-state index in [0.29, 0.717) is 0 Å². The van der Waals surface area contributed by atoms with Crippen molar-refractivity contribution in [1.29, 1.82) is 0 Å². The summed E-state index contributed by atoms with van der Waals surface area (Å²) >= 11 is 0. The van der Waals surface area contributed by atoms with Crippen molar-refractivity contribution in [3.63, 3.8) is 0 Å². The fraction of sp³-hybridized carbons (Fsp3) is 0.364. The van der Waals surface area contributed by atoms with E-state index in [2.05, 4.69) is 25.3 Å². The van der Waals surface area contributed by atoms with Crippen LogP contribution in [0.3, 0.4) is 0 Å². The van der Waals surface area contributed by atoms with Gasteiger partial charge in [0.1, 0.15) is 11.6 Å². The Hall–Kier alpha value is -1.75. The Balaban J connectivity index is 1.72. The Bertz CT molecular complexity index is 424. The highest BCUT2D eigenvalue weighted by molar-refractivity contribution is 5.01. The number of nitrogens with one attached hydrogen (secondary N) is 2. The third kappa shape index (κ3) is 3.13. The molecule has 0 saturated carbocycles. The lowest BCUT2D eigenvalue weighted by Crippen LogP contribution is -2.18. The smallest absolute Gasteiger partial charge is 0.125 e. The molecular formula is C11H15N5. The minimum atomic E-state index is 0.768. The fourth-order valence-corrected chi connectivity index (χ4v) is 1.46. The zero-order chi connectivity index (χ0) is 11.2. The van der Waals surface area contributed by atoms with Crippen molar-refractivity contribution in [2.75, 3.05) is 6.54 Å². The molecule has 0 aliphatic heterocycles. The van der Waals surface area contributed by atoms with E-state index in [1.165, 1.54) is 0 Å². The highest BCUT2D eigenvalue weighted by Crippen LogP contribution is 1.94. The molecule has 0 bridgehead atoms. The first-order valence-electron chi connectivity index (χ1n) is 5.32. The fourth-order valence-electron chi connectivity index (χ4n) is 1.46. The molecule has 2 heterocycles. The summed E-state index contributed by atoms with van der Waals surface area (Å²) in [5.74, 6) is 1.82. The first kappa shape index (κ1) is 10.8. The van der Waals surface area contributed by atoms with Crippen molar-refractivity contribution in [3.8, 4) is 0 Å². The second-order valence-electron chi connectivity index (χ2n) is 3.56. The maximum absolute atomic E-state index is 4.31. The number of nitrogens with zero attached hydrogens (tertiary/aromatic N) is 3. The predicted octanol–water partition coefficient (Wildman–Crippen LogP) is 0.840.